The maximum absolute atomic E-state index is 12.0. The van der Waals surface area contributed by atoms with Crippen molar-refractivity contribution in [3.8, 4) is 11.5 Å². The van der Waals surface area contributed by atoms with Crippen molar-refractivity contribution in [3.05, 3.63) is 54.1 Å². The molecule has 0 saturated carbocycles. The first-order chi connectivity index (χ1) is 9.91. The zero-order chi connectivity index (χ0) is 15.5. The van der Waals surface area contributed by atoms with Crippen LogP contribution in [0.2, 0.25) is 0 Å². The molecule has 0 unspecified atom stereocenters. The van der Waals surface area contributed by atoms with Crippen molar-refractivity contribution in [1.29, 1.82) is 0 Å². The van der Waals surface area contributed by atoms with Gasteiger partial charge in [0.25, 0.3) is 0 Å². The molecule has 0 atom stereocenters. The van der Waals surface area contributed by atoms with Crippen molar-refractivity contribution < 1.29 is 22.7 Å². The normalized spacial score (nSPS) is 11.0. The molecule has 0 bridgehead atoms. The molecule has 2 aromatic rings. The summed E-state index contributed by atoms with van der Waals surface area (Å²) >= 11 is 0. The minimum Gasteiger partial charge on any atom is -0.493 e. The fraction of sp³-hybridized carbons (Fsp3) is 0.0714. The number of rotatable bonds is 4. The summed E-state index contributed by atoms with van der Waals surface area (Å²) in [5.41, 5.74) is 0.334. The van der Waals surface area contributed by atoms with Crippen LogP contribution in [0.5, 0.6) is 11.5 Å². The van der Waals surface area contributed by atoms with E-state index in [9.17, 15) is 13.2 Å². The molecule has 0 aliphatic carbocycles. The monoisotopic (exact) mass is 307 g/mol. The standard InChI is InChI=1S/C14H13NO5S/c1-19-12-8-7-11(21(15,17)18)9-13(12)20-14(16)10-5-3-2-4-6-10/h2-9H,1H3,(H2,15,17,18). The fourth-order valence-corrected chi connectivity index (χ4v) is 2.18. The Hall–Kier alpha value is -2.38. The van der Waals surface area contributed by atoms with Crippen molar-refractivity contribution in [1.82, 2.24) is 0 Å². The van der Waals surface area contributed by atoms with E-state index in [0.29, 0.717) is 5.56 Å². The number of sulfonamides is 1. The van der Waals surface area contributed by atoms with Crippen LogP contribution < -0.4 is 14.6 Å². The van der Waals surface area contributed by atoms with Gasteiger partial charge in [0.15, 0.2) is 11.5 Å². The van der Waals surface area contributed by atoms with Gasteiger partial charge in [0.1, 0.15) is 0 Å². The summed E-state index contributed by atoms with van der Waals surface area (Å²) in [4.78, 5) is 11.8. The molecule has 0 aliphatic heterocycles. The zero-order valence-corrected chi connectivity index (χ0v) is 12.0. The van der Waals surface area contributed by atoms with E-state index in [1.54, 1.807) is 30.3 Å². The minimum atomic E-state index is -3.90. The Labute approximate surface area is 122 Å². The Balaban J connectivity index is 2.36. The van der Waals surface area contributed by atoms with E-state index in [1.165, 1.54) is 19.2 Å². The fourth-order valence-electron chi connectivity index (χ4n) is 1.65. The van der Waals surface area contributed by atoms with E-state index in [0.717, 1.165) is 6.07 Å². The topological polar surface area (TPSA) is 95.7 Å². The summed E-state index contributed by atoms with van der Waals surface area (Å²) in [6.45, 7) is 0. The van der Waals surface area contributed by atoms with Crippen molar-refractivity contribution in [2.45, 2.75) is 4.90 Å². The first kappa shape index (κ1) is 15.0. The van der Waals surface area contributed by atoms with Gasteiger partial charge in [-0.25, -0.2) is 18.4 Å². The molecule has 7 heteroatoms. The van der Waals surface area contributed by atoms with E-state index >= 15 is 0 Å². The first-order valence-corrected chi connectivity index (χ1v) is 7.44. The third-order valence-corrected chi connectivity index (χ3v) is 3.59. The first-order valence-electron chi connectivity index (χ1n) is 5.90. The Morgan fingerprint density at radius 1 is 1.05 bits per heavy atom. The molecule has 21 heavy (non-hydrogen) atoms. The van der Waals surface area contributed by atoms with Crippen LogP contribution in [0.3, 0.4) is 0 Å². The Bertz CT molecular complexity index is 756. The van der Waals surface area contributed by atoms with Crippen molar-refractivity contribution in [3.63, 3.8) is 0 Å². The second-order valence-corrected chi connectivity index (χ2v) is 5.67. The maximum atomic E-state index is 12.0. The molecule has 2 aromatic carbocycles. The SMILES string of the molecule is COc1ccc(S(N)(=O)=O)cc1OC(=O)c1ccccc1. The van der Waals surface area contributed by atoms with E-state index in [2.05, 4.69) is 0 Å². The number of ether oxygens (including phenoxy) is 2. The highest BCUT2D eigenvalue weighted by atomic mass is 32.2. The lowest BCUT2D eigenvalue weighted by atomic mass is 10.2. The summed E-state index contributed by atoms with van der Waals surface area (Å²) < 4.78 is 32.9. The van der Waals surface area contributed by atoms with Crippen LogP contribution in [0, 0.1) is 0 Å². The van der Waals surface area contributed by atoms with E-state index < -0.39 is 16.0 Å². The molecule has 2 rings (SSSR count). The molecular weight excluding hydrogens is 294 g/mol. The van der Waals surface area contributed by atoms with Gasteiger partial charge in [0.05, 0.1) is 17.6 Å². The summed E-state index contributed by atoms with van der Waals surface area (Å²) in [5.74, 6) is -0.412. The minimum absolute atomic E-state index is 0.0159. The van der Waals surface area contributed by atoms with Gasteiger partial charge in [-0.05, 0) is 24.3 Å². The van der Waals surface area contributed by atoms with Crippen LogP contribution >= 0.6 is 0 Å². The molecule has 0 fully saturated rings. The molecule has 0 spiro atoms. The third kappa shape index (κ3) is 3.59. The maximum Gasteiger partial charge on any atom is 0.343 e. The van der Waals surface area contributed by atoms with E-state index in [4.69, 9.17) is 14.6 Å². The predicted octanol–water partition coefficient (Wildman–Crippen LogP) is 1.56. The Kier molecular flexibility index (Phi) is 4.25. The molecule has 2 N–H and O–H groups in total. The number of carbonyl (C=O) groups excluding carboxylic acids is 1. The summed E-state index contributed by atoms with van der Waals surface area (Å²) in [5, 5.41) is 5.05. The molecule has 0 amide bonds. The van der Waals surface area contributed by atoms with Gasteiger partial charge >= 0.3 is 5.97 Å². The Morgan fingerprint density at radius 2 is 1.71 bits per heavy atom. The number of nitrogens with two attached hydrogens (primary N) is 1. The van der Waals surface area contributed by atoms with Crippen LogP contribution in [0.4, 0.5) is 0 Å². The molecule has 0 heterocycles. The summed E-state index contributed by atoms with van der Waals surface area (Å²) in [6, 6.07) is 12.1. The van der Waals surface area contributed by atoms with Gasteiger partial charge in [0, 0.05) is 6.07 Å². The van der Waals surface area contributed by atoms with E-state index in [1.807, 2.05) is 0 Å². The molecule has 6 nitrogen and oxygen atoms in total. The summed E-state index contributed by atoms with van der Waals surface area (Å²) in [6.07, 6.45) is 0. The molecule has 0 radical (unpaired) electrons. The number of primary sulfonamides is 1. The highest BCUT2D eigenvalue weighted by Crippen LogP contribution is 2.30. The lowest BCUT2D eigenvalue weighted by Gasteiger charge is -2.10. The van der Waals surface area contributed by atoms with Gasteiger partial charge in [-0.2, -0.15) is 0 Å². The van der Waals surface area contributed by atoms with Gasteiger partial charge < -0.3 is 9.47 Å². The lowest BCUT2D eigenvalue weighted by molar-refractivity contribution is 0.0729. The van der Waals surface area contributed by atoms with Gasteiger partial charge in [-0.15, -0.1) is 0 Å². The smallest absolute Gasteiger partial charge is 0.343 e. The Morgan fingerprint density at radius 3 is 2.29 bits per heavy atom. The van der Waals surface area contributed by atoms with Gasteiger partial charge in [0.2, 0.25) is 10.0 Å². The molecular formula is C14H13NO5S. The quantitative estimate of drug-likeness (QED) is 0.683. The lowest BCUT2D eigenvalue weighted by Crippen LogP contribution is -2.13. The number of hydrogen-bond acceptors (Lipinski definition) is 5. The molecule has 0 saturated heterocycles. The van der Waals surface area contributed by atoms with Gasteiger partial charge in [-0.1, -0.05) is 18.2 Å². The zero-order valence-electron chi connectivity index (χ0n) is 11.1. The van der Waals surface area contributed by atoms with Crippen molar-refractivity contribution in [2.24, 2.45) is 5.14 Å². The molecule has 110 valence electrons. The number of methoxy groups -OCH3 is 1. The number of hydrogen-bond donors (Lipinski definition) is 1. The van der Waals surface area contributed by atoms with Crippen LogP contribution in [0.15, 0.2) is 53.4 Å². The van der Waals surface area contributed by atoms with E-state index in [-0.39, 0.29) is 16.4 Å². The van der Waals surface area contributed by atoms with Crippen LogP contribution in [0.1, 0.15) is 10.4 Å². The third-order valence-electron chi connectivity index (χ3n) is 2.68. The molecule has 0 aliphatic rings. The average Bonchev–Trinajstić information content (AvgIpc) is 2.47. The number of carbonyl (C=O) groups is 1. The van der Waals surface area contributed by atoms with Crippen LogP contribution in [-0.4, -0.2) is 21.5 Å². The number of esters is 1. The van der Waals surface area contributed by atoms with Crippen LogP contribution in [-0.2, 0) is 10.0 Å². The highest BCUT2D eigenvalue weighted by Gasteiger charge is 2.16. The van der Waals surface area contributed by atoms with Gasteiger partial charge in [-0.3, -0.25) is 0 Å². The highest BCUT2D eigenvalue weighted by molar-refractivity contribution is 7.89. The second-order valence-electron chi connectivity index (χ2n) is 4.11. The molecule has 0 aromatic heterocycles. The van der Waals surface area contributed by atoms with Crippen molar-refractivity contribution >= 4 is 16.0 Å². The largest absolute Gasteiger partial charge is 0.493 e. The average molecular weight is 307 g/mol. The predicted molar refractivity (Wildman–Crippen MR) is 75.8 cm³/mol. The second kappa shape index (κ2) is 5.94. The number of benzene rings is 2. The van der Waals surface area contributed by atoms with Crippen molar-refractivity contribution in [2.75, 3.05) is 7.11 Å². The van der Waals surface area contributed by atoms with Crippen LogP contribution in [0.25, 0.3) is 0 Å². The summed E-state index contributed by atoms with van der Waals surface area (Å²) in [7, 11) is -2.52.